The molecule has 0 saturated carbocycles. The molecule has 1 aromatic heterocycles. The summed E-state index contributed by atoms with van der Waals surface area (Å²) in [6.45, 7) is -0.235. The van der Waals surface area contributed by atoms with Gasteiger partial charge in [0, 0.05) is 0 Å². The molecule has 5 nitrogen and oxygen atoms in total. The molecule has 0 bridgehead atoms. The van der Waals surface area contributed by atoms with Crippen LogP contribution in [-0.4, -0.2) is 9.55 Å². The molecule has 2 rings (SSSR count). The molecular formula is C9H8FN3O2. The van der Waals surface area contributed by atoms with Crippen LogP contribution in [0.5, 0.6) is 0 Å². The van der Waals surface area contributed by atoms with Crippen molar-refractivity contribution in [3.63, 3.8) is 0 Å². The molecule has 0 fully saturated rings. The van der Waals surface area contributed by atoms with Crippen LogP contribution in [-0.2, 0) is 6.67 Å². The fraction of sp³-hybridized carbons (Fsp3) is 0.111. The van der Waals surface area contributed by atoms with E-state index >= 15 is 0 Å². The summed E-state index contributed by atoms with van der Waals surface area (Å²) >= 11 is 0. The molecule has 6 heteroatoms. The first kappa shape index (κ1) is 9.60. The molecule has 1 heterocycles. The maximum atomic E-state index is 12.9. The van der Waals surface area contributed by atoms with E-state index in [1.54, 1.807) is 0 Å². The Bertz CT molecular complexity index is 629. The number of benzene rings is 1. The van der Waals surface area contributed by atoms with Gasteiger partial charge >= 0.3 is 5.69 Å². The van der Waals surface area contributed by atoms with Crippen LogP contribution in [0.2, 0.25) is 0 Å². The Kier molecular flexibility index (Phi) is 2.12. The monoisotopic (exact) mass is 209 g/mol. The van der Waals surface area contributed by atoms with Crippen LogP contribution >= 0.6 is 0 Å². The number of H-pyrrole nitrogens is 1. The number of rotatable bonds is 1. The summed E-state index contributed by atoms with van der Waals surface area (Å²) in [5.41, 5.74) is 4.35. The van der Waals surface area contributed by atoms with Crippen molar-refractivity contribution < 1.29 is 4.39 Å². The Balaban J connectivity index is 2.99. The number of fused-ring (bicyclic) bond motifs is 1. The van der Waals surface area contributed by atoms with Crippen molar-refractivity contribution >= 4 is 10.9 Å². The number of hydrogen-bond donors (Lipinski definition) is 2. The predicted molar refractivity (Wildman–Crippen MR) is 53.0 cm³/mol. The topological polar surface area (TPSA) is 80.9 Å². The molecular weight excluding hydrogens is 201 g/mol. The second-order valence-corrected chi connectivity index (χ2v) is 3.04. The normalized spacial score (nSPS) is 10.8. The molecule has 78 valence electrons. The zero-order chi connectivity index (χ0) is 11.0. The fourth-order valence-corrected chi connectivity index (χ4v) is 1.39. The Morgan fingerprint density at radius 1 is 1.40 bits per heavy atom. The van der Waals surface area contributed by atoms with Gasteiger partial charge < -0.3 is 10.7 Å². The van der Waals surface area contributed by atoms with Gasteiger partial charge in [0.05, 0.1) is 17.6 Å². The molecule has 0 unspecified atom stereocenters. The number of aromatic nitrogens is 2. The Labute approximate surface area is 83.0 Å². The fourth-order valence-electron chi connectivity index (χ4n) is 1.39. The summed E-state index contributed by atoms with van der Waals surface area (Å²) in [7, 11) is 0. The van der Waals surface area contributed by atoms with Crippen LogP contribution in [0.3, 0.4) is 0 Å². The zero-order valence-electron chi connectivity index (χ0n) is 7.66. The van der Waals surface area contributed by atoms with Gasteiger partial charge in [-0.3, -0.25) is 4.79 Å². The van der Waals surface area contributed by atoms with E-state index in [2.05, 4.69) is 4.98 Å². The van der Waals surface area contributed by atoms with E-state index in [1.165, 1.54) is 12.1 Å². The van der Waals surface area contributed by atoms with Crippen molar-refractivity contribution in [2.75, 3.05) is 0 Å². The highest BCUT2D eigenvalue weighted by molar-refractivity contribution is 5.77. The van der Waals surface area contributed by atoms with Crippen molar-refractivity contribution in [2.45, 2.75) is 6.67 Å². The lowest BCUT2D eigenvalue weighted by atomic mass is 10.2. The van der Waals surface area contributed by atoms with Crippen molar-refractivity contribution in [2.24, 2.45) is 5.73 Å². The van der Waals surface area contributed by atoms with E-state index in [4.69, 9.17) is 5.73 Å². The minimum Gasteiger partial charge on any atom is -0.313 e. The lowest BCUT2D eigenvalue weighted by molar-refractivity contribution is 0.627. The van der Waals surface area contributed by atoms with Crippen molar-refractivity contribution in [3.05, 3.63) is 44.9 Å². The van der Waals surface area contributed by atoms with E-state index in [0.29, 0.717) is 5.52 Å². The molecule has 2 aromatic rings. The first-order chi connectivity index (χ1) is 7.13. The molecule has 0 saturated heterocycles. The number of aromatic amines is 1. The van der Waals surface area contributed by atoms with Gasteiger partial charge in [-0.05, 0) is 18.2 Å². The van der Waals surface area contributed by atoms with E-state index in [1.807, 2.05) is 0 Å². The number of halogens is 1. The van der Waals surface area contributed by atoms with E-state index in [0.717, 1.165) is 10.6 Å². The van der Waals surface area contributed by atoms with Gasteiger partial charge in [0.1, 0.15) is 5.82 Å². The third-order valence-electron chi connectivity index (χ3n) is 2.13. The van der Waals surface area contributed by atoms with E-state index < -0.39 is 17.1 Å². The van der Waals surface area contributed by atoms with Crippen molar-refractivity contribution in [3.8, 4) is 0 Å². The molecule has 0 aliphatic rings. The average Bonchev–Trinajstić information content (AvgIpc) is 2.20. The number of hydrogen-bond acceptors (Lipinski definition) is 3. The zero-order valence-corrected chi connectivity index (χ0v) is 7.66. The van der Waals surface area contributed by atoms with E-state index in [9.17, 15) is 14.0 Å². The van der Waals surface area contributed by atoms with Crippen LogP contribution in [0, 0.1) is 5.82 Å². The smallest absolute Gasteiger partial charge is 0.313 e. The first-order valence-corrected chi connectivity index (χ1v) is 4.26. The summed E-state index contributed by atoms with van der Waals surface area (Å²) in [5, 5.41) is 0.111. The minimum absolute atomic E-state index is 0.111. The Morgan fingerprint density at radius 3 is 2.80 bits per heavy atom. The van der Waals surface area contributed by atoms with Gasteiger partial charge in [-0.2, -0.15) is 0 Å². The molecule has 0 amide bonds. The highest BCUT2D eigenvalue weighted by Crippen LogP contribution is 2.06. The average molecular weight is 209 g/mol. The Morgan fingerprint density at radius 2 is 2.13 bits per heavy atom. The molecule has 0 spiro atoms. The molecule has 15 heavy (non-hydrogen) atoms. The van der Waals surface area contributed by atoms with Crippen LogP contribution in [0.25, 0.3) is 10.9 Å². The highest BCUT2D eigenvalue weighted by Gasteiger charge is 2.06. The lowest BCUT2D eigenvalue weighted by Gasteiger charge is -2.02. The Hall–Kier alpha value is -1.95. The van der Waals surface area contributed by atoms with Gasteiger partial charge in [0.15, 0.2) is 0 Å². The molecule has 0 atom stereocenters. The van der Waals surface area contributed by atoms with Gasteiger partial charge in [-0.15, -0.1) is 0 Å². The molecule has 1 aromatic carbocycles. The summed E-state index contributed by atoms with van der Waals surface area (Å²) in [5.74, 6) is -0.532. The molecule has 3 N–H and O–H groups in total. The molecule has 0 radical (unpaired) electrons. The van der Waals surface area contributed by atoms with Gasteiger partial charge in [-0.25, -0.2) is 13.8 Å². The highest BCUT2D eigenvalue weighted by atomic mass is 19.1. The van der Waals surface area contributed by atoms with Crippen LogP contribution in [0.1, 0.15) is 0 Å². The van der Waals surface area contributed by atoms with Crippen LogP contribution in [0.4, 0.5) is 4.39 Å². The predicted octanol–water partition coefficient (Wildman–Crippen LogP) is -0.255. The SMILES string of the molecule is NCn1c(=O)[nH]c2ccc(F)cc2c1=O. The largest absolute Gasteiger partial charge is 0.329 e. The quantitative estimate of drug-likeness (QED) is 0.679. The third-order valence-corrected chi connectivity index (χ3v) is 2.13. The third kappa shape index (κ3) is 1.44. The summed E-state index contributed by atoms with van der Waals surface area (Å²) < 4.78 is 13.7. The summed E-state index contributed by atoms with van der Waals surface area (Å²) in [6.07, 6.45) is 0. The maximum Gasteiger partial charge on any atom is 0.329 e. The van der Waals surface area contributed by atoms with Crippen molar-refractivity contribution in [1.82, 2.24) is 9.55 Å². The van der Waals surface area contributed by atoms with Gasteiger partial charge in [-0.1, -0.05) is 0 Å². The van der Waals surface area contributed by atoms with E-state index in [-0.39, 0.29) is 12.1 Å². The number of nitrogens with zero attached hydrogens (tertiary/aromatic N) is 1. The second-order valence-electron chi connectivity index (χ2n) is 3.04. The summed E-state index contributed by atoms with van der Waals surface area (Å²) in [4.78, 5) is 25.4. The van der Waals surface area contributed by atoms with Gasteiger partial charge in [0.2, 0.25) is 0 Å². The molecule has 0 aliphatic heterocycles. The minimum atomic E-state index is -0.596. The summed E-state index contributed by atoms with van der Waals surface area (Å²) in [6, 6.07) is 3.58. The van der Waals surface area contributed by atoms with Crippen LogP contribution in [0.15, 0.2) is 27.8 Å². The number of nitrogens with two attached hydrogens (primary N) is 1. The van der Waals surface area contributed by atoms with Crippen LogP contribution < -0.4 is 17.0 Å². The second kappa shape index (κ2) is 3.32. The molecule has 0 aliphatic carbocycles. The standard InChI is InChI=1S/C9H8FN3O2/c10-5-1-2-7-6(3-5)8(14)13(4-11)9(15)12-7/h1-3H,4,11H2,(H,12,15). The lowest BCUT2D eigenvalue weighted by Crippen LogP contribution is -2.37. The number of nitrogens with one attached hydrogen (secondary N) is 1. The first-order valence-electron chi connectivity index (χ1n) is 4.26. The maximum absolute atomic E-state index is 12.9. The van der Waals surface area contributed by atoms with Gasteiger partial charge in [0.25, 0.3) is 5.56 Å². The van der Waals surface area contributed by atoms with Crippen molar-refractivity contribution in [1.29, 1.82) is 0 Å².